The van der Waals surface area contributed by atoms with Crippen molar-refractivity contribution < 1.29 is 14.6 Å². The SMILES string of the molecule is Cl.N#CC(C#N)COC(=O)O. The zero-order chi connectivity index (χ0) is 7.98. The molecular formula is C5H5ClN2O3. The highest BCUT2D eigenvalue weighted by atomic mass is 35.5. The lowest BCUT2D eigenvalue weighted by Gasteiger charge is -1.96. The molecule has 0 amide bonds. The topological polar surface area (TPSA) is 94.1 Å². The van der Waals surface area contributed by atoms with Crippen LogP contribution in [-0.4, -0.2) is 17.9 Å². The second kappa shape index (κ2) is 6.66. The van der Waals surface area contributed by atoms with Gasteiger partial charge in [0.15, 0.2) is 5.92 Å². The average Bonchev–Trinajstić information content (AvgIpc) is 1.90. The van der Waals surface area contributed by atoms with Crippen molar-refractivity contribution in [2.75, 3.05) is 6.61 Å². The molecule has 0 spiro atoms. The second-order valence-electron chi connectivity index (χ2n) is 1.39. The van der Waals surface area contributed by atoms with E-state index >= 15 is 0 Å². The van der Waals surface area contributed by atoms with Crippen molar-refractivity contribution in [2.45, 2.75) is 0 Å². The zero-order valence-electron chi connectivity index (χ0n) is 5.35. The van der Waals surface area contributed by atoms with Gasteiger partial charge < -0.3 is 9.84 Å². The number of nitrogens with zero attached hydrogens (tertiary/aromatic N) is 2. The van der Waals surface area contributed by atoms with Crippen LogP contribution in [-0.2, 0) is 4.74 Å². The van der Waals surface area contributed by atoms with E-state index in [0.29, 0.717) is 0 Å². The predicted molar refractivity (Wildman–Crippen MR) is 35.9 cm³/mol. The van der Waals surface area contributed by atoms with Crippen LogP contribution in [0.5, 0.6) is 0 Å². The molecule has 0 aromatic heterocycles. The summed E-state index contributed by atoms with van der Waals surface area (Å²) in [6.45, 7) is -0.387. The highest BCUT2D eigenvalue weighted by Crippen LogP contribution is 1.92. The Hall–Kier alpha value is -1.46. The molecule has 0 aromatic carbocycles. The van der Waals surface area contributed by atoms with Gasteiger partial charge in [0.2, 0.25) is 0 Å². The predicted octanol–water partition coefficient (Wildman–Crippen LogP) is 0.766. The van der Waals surface area contributed by atoms with Crippen molar-refractivity contribution in [1.29, 1.82) is 10.5 Å². The Morgan fingerprint density at radius 1 is 1.55 bits per heavy atom. The van der Waals surface area contributed by atoms with E-state index in [1.54, 1.807) is 12.1 Å². The number of rotatable bonds is 2. The second-order valence-corrected chi connectivity index (χ2v) is 1.39. The third kappa shape index (κ3) is 6.42. The number of carboxylic acid groups (broad SMARTS) is 1. The van der Waals surface area contributed by atoms with Crippen molar-refractivity contribution in [1.82, 2.24) is 0 Å². The first-order valence-electron chi connectivity index (χ1n) is 2.35. The van der Waals surface area contributed by atoms with Crippen LogP contribution in [0.1, 0.15) is 0 Å². The summed E-state index contributed by atoms with van der Waals surface area (Å²) in [6.07, 6.45) is -1.48. The Morgan fingerprint density at radius 2 is 2.00 bits per heavy atom. The lowest BCUT2D eigenvalue weighted by Crippen LogP contribution is -2.09. The molecule has 0 atom stereocenters. The highest BCUT2D eigenvalue weighted by Gasteiger charge is 2.07. The molecule has 0 aromatic rings. The quantitative estimate of drug-likeness (QED) is 0.627. The Morgan fingerprint density at radius 3 is 2.27 bits per heavy atom. The van der Waals surface area contributed by atoms with Gasteiger partial charge in [0.1, 0.15) is 6.61 Å². The molecule has 1 N–H and O–H groups in total. The largest absolute Gasteiger partial charge is 0.505 e. The molecule has 0 rings (SSSR count). The maximum atomic E-state index is 9.69. The molecule has 0 fully saturated rings. The molecule has 0 bridgehead atoms. The van der Waals surface area contributed by atoms with Crippen molar-refractivity contribution in [3.8, 4) is 12.1 Å². The van der Waals surface area contributed by atoms with Crippen LogP contribution in [0.3, 0.4) is 0 Å². The van der Waals surface area contributed by atoms with Crippen LogP contribution >= 0.6 is 12.4 Å². The summed E-state index contributed by atoms with van der Waals surface area (Å²) < 4.78 is 3.96. The summed E-state index contributed by atoms with van der Waals surface area (Å²) in [5.74, 6) is -1.00. The van der Waals surface area contributed by atoms with Gasteiger partial charge in [-0.05, 0) is 0 Å². The fraction of sp³-hybridized carbons (Fsp3) is 0.400. The smallest absolute Gasteiger partial charge is 0.450 e. The van der Waals surface area contributed by atoms with Gasteiger partial charge in [-0.3, -0.25) is 0 Å². The third-order valence-corrected chi connectivity index (χ3v) is 0.685. The van der Waals surface area contributed by atoms with E-state index in [2.05, 4.69) is 4.74 Å². The monoisotopic (exact) mass is 176 g/mol. The van der Waals surface area contributed by atoms with Crippen LogP contribution in [0.2, 0.25) is 0 Å². The van der Waals surface area contributed by atoms with Crippen molar-refractivity contribution in [2.24, 2.45) is 5.92 Å². The van der Waals surface area contributed by atoms with Gasteiger partial charge >= 0.3 is 6.16 Å². The van der Waals surface area contributed by atoms with Crippen LogP contribution < -0.4 is 0 Å². The Bertz CT molecular complexity index is 191. The zero-order valence-corrected chi connectivity index (χ0v) is 6.17. The lowest BCUT2D eigenvalue weighted by molar-refractivity contribution is 0.0882. The van der Waals surface area contributed by atoms with Gasteiger partial charge in [-0.15, -0.1) is 12.4 Å². The molecule has 0 radical (unpaired) electrons. The molecule has 0 aliphatic carbocycles. The van der Waals surface area contributed by atoms with Crippen LogP contribution in [0, 0.1) is 28.6 Å². The summed E-state index contributed by atoms with van der Waals surface area (Å²) in [5.41, 5.74) is 0. The van der Waals surface area contributed by atoms with Crippen LogP contribution in [0.15, 0.2) is 0 Å². The van der Waals surface area contributed by atoms with E-state index in [0.717, 1.165) is 0 Å². The normalized spacial score (nSPS) is 7.18. The maximum absolute atomic E-state index is 9.69. The molecule has 60 valence electrons. The molecule has 0 heterocycles. The van der Waals surface area contributed by atoms with Crippen LogP contribution in [0.25, 0.3) is 0 Å². The van der Waals surface area contributed by atoms with E-state index in [1.807, 2.05) is 0 Å². The summed E-state index contributed by atoms with van der Waals surface area (Å²) in [4.78, 5) is 9.69. The number of hydrogen-bond acceptors (Lipinski definition) is 4. The van der Waals surface area contributed by atoms with Crippen molar-refractivity contribution in [3.05, 3.63) is 0 Å². The number of halogens is 1. The molecular weight excluding hydrogens is 172 g/mol. The van der Waals surface area contributed by atoms with Crippen LogP contribution in [0.4, 0.5) is 4.79 Å². The average molecular weight is 177 g/mol. The number of nitriles is 2. The molecule has 0 saturated carbocycles. The highest BCUT2D eigenvalue weighted by molar-refractivity contribution is 5.85. The van der Waals surface area contributed by atoms with E-state index in [4.69, 9.17) is 15.6 Å². The molecule has 0 saturated heterocycles. The molecule has 11 heavy (non-hydrogen) atoms. The molecule has 6 heteroatoms. The van der Waals surface area contributed by atoms with Crippen molar-refractivity contribution >= 4 is 18.6 Å². The first-order chi connectivity index (χ1) is 4.70. The third-order valence-electron chi connectivity index (χ3n) is 0.685. The molecule has 0 aliphatic heterocycles. The van der Waals surface area contributed by atoms with Gasteiger partial charge in [0, 0.05) is 0 Å². The molecule has 0 unspecified atom stereocenters. The summed E-state index contributed by atoms with van der Waals surface area (Å²) >= 11 is 0. The first-order valence-corrected chi connectivity index (χ1v) is 2.35. The van der Waals surface area contributed by atoms with Gasteiger partial charge in [0.05, 0.1) is 12.1 Å². The molecule has 0 aliphatic rings. The van der Waals surface area contributed by atoms with Gasteiger partial charge in [-0.1, -0.05) is 0 Å². The minimum Gasteiger partial charge on any atom is -0.450 e. The number of carbonyl (C=O) groups is 1. The Balaban J connectivity index is 0. The lowest BCUT2D eigenvalue weighted by atomic mass is 10.2. The Labute approximate surface area is 69.2 Å². The fourth-order valence-electron chi connectivity index (χ4n) is 0.258. The molecule has 5 nitrogen and oxygen atoms in total. The minimum absolute atomic E-state index is 0. The standard InChI is InChI=1S/C5H4N2O3.ClH/c6-1-4(2-7)3-10-5(8)9;/h4H,3H2,(H,8,9);1H. The van der Waals surface area contributed by atoms with E-state index in [1.165, 1.54) is 0 Å². The number of ether oxygens (including phenoxy) is 1. The van der Waals surface area contributed by atoms with E-state index in [-0.39, 0.29) is 19.0 Å². The maximum Gasteiger partial charge on any atom is 0.505 e. The van der Waals surface area contributed by atoms with Gasteiger partial charge in [-0.25, -0.2) is 4.79 Å². The Kier molecular flexibility index (Phi) is 7.41. The van der Waals surface area contributed by atoms with Crippen molar-refractivity contribution in [3.63, 3.8) is 0 Å². The summed E-state index contributed by atoms with van der Waals surface area (Å²) in [5, 5.41) is 24.1. The van der Waals surface area contributed by atoms with E-state index in [9.17, 15) is 4.79 Å². The van der Waals surface area contributed by atoms with E-state index < -0.39 is 12.1 Å². The summed E-state index contributed by atoms with van der Waals surface area (Å²) in [7, 11) is 0. The first kappa shape index (κ1) is 12.2. The minimum atomic E-state index is -1.48. The van der Waals surface area contributed by atoms with Gasteiger partial charge in [-0.2, -0.15) is 10.5 Å². The summed E-state index contributed by atoms with van der Waals surface area (Å²) in [6, 6.07) is 3.12. The fourth-order valence-corrected chi connectivity index (χ4v) is 0.258. The van der Waals surface area contributed by atoms with Gasteiger partial charge in [0.25, 0.3) is 0 Å². The number of hydrogen-bond donors (Lipinski definition) is 1.